The zero-order valence-electron chi connectivity index (χ0n) is 3.94. The second-order valence-corrected chi connectivity index (χ2v) is 1.92. The summed E-state index contributed by atoms with van der Waals surface area (Å²) in [5.74, 6) is 2.27. The molecule has 0 bridgehead atoms. The van der Waals surface area contributed by atoms with Crippen molar-refractivity contribution < 1.29 is 22.4 Å². The van der Waals surface area contributed by atoms with Crippen LogP contribution in [-0.2, 0) is 22.4 Å². The van der Waals surface area contributed by atoms with Crippen molar-refractivity contribution >= 4 is 11.3 Å². The van der Waals surface area contributed by atoms with E-state index in [9.17, 15) is 0 Å². The van der Waals surface area contributed by atoms with Crippen LogP contribution in [0.1, 0.15) is 5.56 Å². The monoisotopic (exact) mass is 304 g/mol. The van der Waals surface area contributed by atoms with Gasteiger partial charge in [0.1, 0.15) is 0 Å². The van der Waals surface area contributed by atoms with E-state index in [2.05, 4.69) is 5.92 Å². The van der Waals surface area contributed by atoms with Gasteiger partial charge in [-0.3, -0.25) is 5.92 Å². The van der Waals surface area contributed by atoms with E-state index in [0.717, 1.165) is 5.56 Å². The molecule has 1 heterocycles. The molecule has 0 unspecified atom stereocenters. The van der Waals surface area contributed by atoms with Gasteiger partial charge in [-0.2, -0.15) is 11.3 Å². The quantitative estimate of drug-likeness (QED) is 0.389. The summed E-state index contributed by atoms with van der Waals surface area (Å²) in [6, 6.07) is 1.86. The van der Waals surface area contributed by atoms with E-state index in [1.54, 1.807) is 11.3 Å². The van der Waals surface area contributed by atoms with E-state index >= 15 is 0 Å². The van der Waals surface area contributed by atoms with Crippen LogP contribution in [0.3, 0.4) is 0 Å². The van der Waals surface area contributed by atoms with Gasteiger partial charge in [-0.15, -0.1) is 11.6 Å². The Hall–Kier alpha value is 0.000260. The van der Waals surface area contributed by atoms with Crippen LogP contribution in [0, 0.1) is 12.3 Å². The number of thiophene rings is 1. The average Bonchev–Trinajstić information content (AvgIpc) is 2.14. The molecule has 0 N–H and O–H groups in total. The van der Waals surface area contributed by atoms with Crippen LogP contribution in [0.4, 0.5) is 0 Å². The SMILES string of the molecule is [Au+].[C-]#Cc1ccsc1. The summed E-state index contributed by atoms with van der Waals surface area (Å²) in [6.45, 7) is 0. The van der Waals surface area contributed by atoms with Crippen molar-refractivity contribution in [1.82, 2.24) is 0 Å². The summed E-state index contributed by atoms with van der Waals surface area (Å²) in [5.41, 5.74) is 0.866. The number of rotatable bonds is 0. The van der Waals surface area contributed by atoms with Crippen LogP contribution in [0.25, 0.3) is 0 Å². The number of hydrogen-bond donors (Lipinski definition) is 0. The second kappa shape index (κ2) is 3.94. The van der Waals surface area contributed by atoms with E-state index in [0.29, 0.717) is 0 Å². The molecule has 0 fully saturated rings. The van der Waals surface area contributed by atoms with Gasteiger partial charge in [0.05, 0.1) is 0 Å². The van der Waals surface area contributed by atoms with Crippen molar-refractivity contribution in [2.45, 2.75) is 0 Å². The molecule has 1 rings (SSSR count). The Morgan fingerprint density at radius 2 is 2.38 bits per heavy atom. The van der Waals surface area contributed by atoms with Gasteiger partial charge in [0.25, 0.3) is 0 Å². The molecule has 0 amide bonds. The third-order valence-corrected chi connectivity index (χ3v) is 1.35. The fourth-order valence-electron chi connectivity index (χ4n) is 0.336. The summed E-state index contributed by atoms with van der Waals surface area (Å²) >= 11 is 1.58. The van der Waals surface area contributed by atoms with Gasteiger partial charge in [-0.1, -0.05) is 5.38 Å². The minimum Gasteiger partial charge on any atom is -0.366 e. The molecule has 1 aromatic rings. The average molecular weight is 304 g/mol. The molecule has 0 saturated heterocycles. The molecule has 0 nitrogen and oxygen atoms in total. The molecule has 8 heavy (non-hydrogen) atoms. The van der Waals surface area contributed by atoms with Gasteiger partial charge < -0.3 is 6.42 Å². The predicted molar refractivity (Wildman–Crippen MR) is 30.6 cm³/mol. The largest absolute Gasteiger partial charge is 1.00 e. The van der Waals surface area contributed by atoms with E-state index in [4.69, 9.17) is 6.42 Å². The Labute approximate surface area is 68.4 Å². The van der Waals surface area contributed by atoms with E-state index in [-0.39, 0.29) is 22.4 Å². The third kappa shape index (κ3) is 1.85. The summed E-state index contributed by atoms with van der Waals surface area (Å²) in [4.78, 5) is 0. The maximum Gasteiger partial charge on any atom is 1.00 e. The molecule has 0 aliphatic rings. The Bertz CT molecular complexity index is 171. The fourth-order valence-corrected chi connectivity index (χ4v) is 0.923. The smallest absolute Gasteiger partial charge is 0.366 e. The van der Waals surface area contributed by atoms with Crippen molar-refractivity contribution in [3.63, 3.8) is 0 Å². The third-order valence-electron chi connectivity index (χ3n) is 0.666. The van der Waals surface area contributed by atoms with Gasteiger partial charge in [0.2, 0.25) is 0 Å². The molecule has 0 aliphatic heterocycles. The Balaban J connectivity index is 0.000000490. The van der Waals surface area contributed by atoms with Crippen molar-refractivity contribution in [1.29, 1.82) is 0 Å². The summed E-state index contributed by atoms with van der Waals surface area (Å²) < 4.78 is 0. The van der Waals surface area contributed by atoms with Crippen LogP contribution in [-0.4, -0.2) is 0 Å². The minimum absolute atomic E-state index is 0. The van der Waals surface area contributed by atoms with Gasteiger partial charge in [0.15, 0.2) is 0 Å². The van der Waals surface area contributed by atoms with Crippen LogP contribution in [0.2, 0.25) is 0 Å². The number of hydrogen-bond acceptors (Lipinski definition) is 1. The van der Waals surface area contributed by atoms with Gasteiger partial charge in [0, 0.05) is 0 Å². The summed E-state index contributed by atoms with van der Waals surface area (Å²) in [5, 5.41) is 3.81. The molecule has 0 aromatic carbocycles. The first kappa shape index (κ1) is 8.00. The second-order valence-electron chi connectivity index (χ2n) is 1.14. The molecule has 0 radical (unpaired) electrons. The molecule has 0 spiro atoms. The molecule has 44 valence electrons. The van der Waals surface area contributed by atoms with E-state index in [1.807, 2.05) is 16.8 Å². The predicted octanol–water partition coefficient (Wildman–Crippen LogP) is 1.68. The first-order valence-corrected chi connectivity index (χ1v) is 2.82. The normalized spacial score (nSPS) is 6.88. The maximum absolute atomic E-state index is 6.62. The molecule has 1 aromatic heterocycles. The van der Waals surface area contributed by atoms with Crippen LogP contribution in [0.15, 0.2) is 16.8 Å². The van der Waals surface area contributed by atoms with E-state index in [1.165, 1.54) is 0 Å². The first-order valence-electron chi connectivity index (χ1n) is 1.88. The Morgan fingerprint density at radius 1 is 1.62 bits per heavy atom. The first-order chi connectivity index (χ1) is 3.43. The molecule has 2 heteroatoms. The summed E-state index contributed by atoms with van der Waals surface area (Å²) in [6.07, 6.45) is 6.62. The molecule has 0 saturated carbocycles. The van der Waals surface area contributed by atoms with Crippen LogP contribution >= 0.6 is 11.3 Å². The molecule has 0 atom stereocenters. The fraction of sp³-hybridized carbons (Fsp3) is 0. The van der Waals surface area contributed by atoms with Gasteiger partial charge >= 0.3 is 22.4 Å². The van der Waals surface area contributed by atoms with Crippen LogP contribution in [0.5, 0.6) is 0 Å². The van der Waals surface area contributed by atoms with Gasteiger partial charge in [-0.25, -0.2) is 0 Å². The zero-order valence-corrected chi connectivity index (χ0v) is 6.92. The van der Waals surface area contributed by atoms with Crippen molar-refractivity contribution in [3.05, 3.63) is 28.8 Å². The Kier molecular flexibility index (Phi) is 3.94. The van der Waals surface area contributed by atoms with E-state index < -0.39 is 0 Å². The van der Waals surface area contributed by atoms with Crippen LogP contribution < -0.4 is 0 Å². The molecular weight excluding hydrogens is 301 g/mol. The maximum atomic E-state index is 6.62. The molecule has 0 aliphatic carbocycles. The molecular formula is C6H3AuS. The Morgan fingerprint density at radius 3 is 2.62 bits per heavy atom. The van der Waals surface area contributed by atoms with Crippen molar-refractivity contribution in [2.75, 3.05) is 0 Å². The van der Waals surface area contributed by atoms with Crippen molar-refractivity contribution in [3.8, 4) is 5.92 Å². The zero-order chi connectivity index (χ0) is 5.11. The standard InChI is InChI=1S/C6H3S.Au/c1-2-6-3-4-7-5-6;/h3-5H;/q-1;+1. The van der Waals surface area contributed by atoms with Crippen molar-refractivity contribution in [2.24, 2.45) is 0 Å². The summed E-state index contributed by atoms with van der Waals surface area (Å²) in [7, 11) is 0. The topological polar surface area (TPSA) is 0 Å². The minimum atomic E-state index is 0. The van der Waals surface area contributed by atoms with Gasteiger partial charge in [-0.05, 0) is 5.38 Å².